The Morgan fingerprint density at radius 3 is 2.15 bits per heavy atom. The van der Waals surface area contributed by atoms with Crippen molar-refractivity contribution in [2.24, 2.45) is 0 Å². The summed E-state index contributed by atoms with van der Waals surface area (Å²) in [4.78, 5) is 12.6. The van der Waals surface area contributed by atoms with Crippen LogP contribution in [0.2, 0.25) is 10.0 Å². The Hall–Kier alpha value is -2.11. The van der Waals surface area contributed by atoms with Crippen molar-refractivity contribution < 1.29 is 26.4 Å². The van der Waals surface area contributed by atoms with Crippen molar-refractivity contribution in [2.75, 3.05) is 11.9 Å². The fourth-order valence-corrected chi connectivity index (χ4v) is 5.03. The predicted octanol–water partition coefficient (Wildman–Crippen LogP) is 6.60. The van der Waals surface area contributed by atoms with Gasteiger partial charge >= 0.3 is 6.18 Å². The van der Waals surface area contributed by atoms with Gasteiger partial charge in [0.15, 0.2) is 0 Å². The average molecular weight is 596 g/mol. The molecule has 0 aliphatic carbocycles. The van der Waals surface area contributed by atoms with Gasteiger partial charge in [-0.25, -0.2) is 8.42 Å². The fourth-order valence-electron chi connectivity index (χ4n) is 2.92. The van der Waals surface area contributed by atoms with Crippen LogP contribution in [0.25, 0.3) is 0 Å². The Bertz CT molecular complexity index is 1290. The van der Waals surface area contributed by atoms with E-state index in [-0.39, 0.29) is 22.2 Å². The Balaban J connectivity index is 1.87. The van der Waals surface area contributed by atoms with Gasteiger partial charge in [-0.3, -0.25) is 4.79 Å². The molecule has 1 N–H and O–H groups in total. The lowest BCUT2D eigenvalue weighted by Gasteiger charge is -2.22. The van der Waals surface area contributed by atoms with Gasteiger partial charge in [-0.05, 0) is 66.2 Å². The first kappa shape index (κ1) is 26.5. The second kappa shape index (κ2) is 10.7. The highest BCUT2D eigenvalue weighted by Crippen LogP contribution is 2.30. The van der Waals surface area contributed by atoms with Crippen molar-refractivity contribution >= 4 is 60.7 Å². The number of nitrogens with zero attached hydrogens (tertiary/aromatic N) is 1. The molecule has 0 unspecified atom stereocenters. The Labute approximate surface area is 212 Å². The number of amides is 1. The number of rotatable bonds is 7. The summed E-state index contributed by atoms with van der Waals surface area (Å²) in [5.41, 5.74) is -0.375. The van der Waals surface area contributed by atoms with Gasteiger partial charge in [0.1, 0.15) is 0 Å². The van der Waals surface area contributed by atoms with E-state index < -0.39 is 34.2 Å². The number of nitrogens with one attached hydrogen (secondary N) is 1. The molecule has 3 aromatic carbocycles. The standard InChI is InChI=1S/C22H16BrCl2F3N2O3S/c23-16-4-9-19(10-5-16)34(32,33)30(12-14-1-6-17(24)11-20(14)25)13-21(31)29-18-7-2-15(3-8-18)22(26,27)28/h1-11H,12-13H2,(H,29,31). The summed E-state index contributed by atoms with van der Waals surface area (Å²) in [5.74, 6) is -0.745. The molecule has 0 bridgehead atoms. The van der Waals surface area contributed by atoms with Crippen LogP contribution in [-0.2, 0) is 27.5 Å². The molecule has 12 heteroatoms. The molecule has 180 valence electrons. The molecule has 0 spiro atoms. The van der Waals surface area contributed by atoms with Crippen LogP contribution >= 0.6 is 39.1 Å². The van der Waals surface area contributed by atoms with E-state index in [9.17, 15) is 26.4 Å². The average Bonchev–Trinajstić information content (AvgIpc) is 2.75. The van der Waals surface area contributed by atoms with Gasteiger partial charge in [-0.2, -0.15) is 17.5 Å². The zero-order valence-corrected chi connectivity index (χ0v) is 21.0. The maximum absolute atomic E-state index is 13.3. The predicted molar refractivity (Wildman–Crippen MR) is 128 cm³/mol. The number of sulfonamides is 1. The third-order valence-electron chi connectivity index (χ3n) is 4.63. The van der Waals surface area contributed by atoms with E-state index in [2.05, 4.69) is 21.2 Å². The minimum atomic E-state index is -4.52. The molecule has 0 aliphatic rings. The van der Waals surface area contributed by atoms with Crippen LogP contribution in [0.1, 0.15) is 11.1 Å². The zero-order valence-electron chi connectivity index (χ0n) is 17.1. The Morgan fingerprint density at radius 1 is 0.971 bits per heavy atom. The molecule has 3 rings (SSSR count). The summed E-state index contributed by atoms with van der Waals surface area (Å²) in [6.45, 7) is -0.854. The van der Waals surface area contributed by atoms with Gasteiger partial charge in [0, 0.05) is 26.8 Å². The van der Waals surface area contributed by atoms with Gasteiger partial charge < -0.3 is 5.32 Å². The third kappa shape index (κ3) is 6.73. The largest absolute Gasteiger partial charge is 0.416 e. The summed E-state index contributed by atoms with van der Waals surface area (Å²) >= 11 is 15.4. The molecular weight excluding hydrogens is 580 g/mol. The van der Waals surface area contributed by atoms with E-state index >= 15 is 0 Å². The summed E-state index contributed by atoms with van der Waals surface area (Å²) in [6.07, 6.45) is -4.52. The normalized spacial score (nSPS) is 12.1. The highest BCUT2D eigenvalue weighted by molar-refractivity contribution is 9.10. The number of benzene rings is 3. The lowest BCUT2D eigenvalue weighted by molar-refractivity contribution is -0.137. The topological polar surface area (TPSA) is 66.5 Å². The van der Waals surface area contributed by atoms with Crippen LogP contribution in [0.15, 0.2) is 76.1 Å². The summed E-state index contributed by atoms with van der Waals surface area (Å²) in [5, 5.41) is 2.99. The first-order chi connectivity index (χ1) is 15.9. The van der Waals surface area contributed by atoms with Crippen molar-refractivity contribution in [3.8, 4) is 0 Å². The lowest BCUT2D eigenvalue weighted by atomic mass is 10.2. The zero-order chi connectivity index (χ0) is 25.1. The molecular formula is C22H16BrCl2F3N2O3S. The van der Waals surface area contributed by atoms with Crippen LogP contribution < -0.4 is 5.32 Å². The molecule has 34 heavy (non-hydrogen) atoms. The quantitative estimate of drug-likeness (QED) is 0.334. The monoisotopic (exact) mass is 594 g/mol. The van der Waals surface area contributed by atoms with Crippen LogP contribution in [0, 0.1) is 0 Å². The maximum atomic E-state index is 13.3. The molecule has 0 aliphatic heterocycles. The van der Waals surface area contributed by atoms with Crippen molar-refractivity contribution in [3.05, 3.63) is 92.4 Å². The van der Waals surface area contributed by atoms with Crippen LogP contribution in [-0.4, -0.2) is 25.2 Å². The number of hydrogen-bond donors (Lipinski definition) is 1. The number of carbonyl (C=O) groups is 1. The second-order valence-electron chi connectivity index (χ2n) is 7.09. The molecule has 0 saturated heterocycles. The van der Waals surface area contributed by atoms with E-state index in [0.717, 1.165) is 28.6 Å². The number of anilines is 1. The molecule has 0 fully saturated rings. The van der Waals surface area contributed by atoms with Gasteiger partial charge in [-0.15, -0.1) is 0 Å². The number of hydrogen-bond acceptors (Lipinski definition) is 3. The Kier molecular flexibility index (Phi) is 8.30. The smallest absolute Gasteiger partial charge is 0.325 e. The van der Waals surface area contributed by atoms with Crippen LogP contribution in [0.4, 0.5) is 18.9 Å². The first-order valence-corrected chi connectivity index (χ1v) is 12.5. The third-order valence-corrected chi connectivity index (χ3v) is 7.55. The molecule has 5 nitrogen and oxygen atoms in total. The Morgan fingerprint density at radius 2 is 1.59 bits per heavy atom. The van der Waals surface area contributed by atoms with E-state index in [4.69, 9.17) is 23.2 Å². The van der Waals surface area contributed by atoms with E-state index in [0.29, 0.717) is 15.1 Å². The highest BCUT2D eigenvalue weighted by atomic mass is 79.9. The van der Waals surface area contributed by atoms with Gasteiger partial charge in [0.25, 0.3) is 0 Å². The number of alkyl halides is 3. The highest BCUT2D eigenvalue weighted by Gasteiger charge is 2.30. The minimum absolute atomic E-state index is 0.0527. The van der Waals surface area contributed by atoms with E-state index in [1.165, 1.54) is 24.3 Å². The van der Waals surface area contributed by atoms with Crippen molar-refractivity contribution in [1.29, 1.82) is 0 Å². The molecule has 1 amide bonds. The lowest BCUT2D eigenvalue weighted by Crippen LogP contribution is -2.37. The molecule has 0 radical (unpaired) electrons. The summed E-state index contributed by atoms with van der Waals surface area (Å²) in [6, 6.07) is 14.2. The van der Waals surface area contributed by atoms with Gasteiger partial charge in [0.05, 0.1) is 17.0 Å². The SMILES string of the molecule is O=C(CN(Cc1ccc(Cl)cc1Cl)S(=O)(=O)c1ccc(Br)cc1)Nc1ccc(C(F)(F)F)cc1. The molecule has 3 aromatic rings. The van der Waals surface area contributed by atoms with Gasteiger partial charge in [-0.1, -0.05) is 45.2 Å². The molecule has 0 atom stereocenters. The summed E-state index contributed by atoms with van der Waals surface area (Å²) in [7, 11) is -4.15. The number of halogens is 6. The van der Waals surface area contributed by atoms with Crippen LogP contribution in [0.3, 0.4) is 0 Å². The minimum Gasteiger partial charge on any atom is -0.325 e. The first-order valence-electron chi connectivity index (χ1n) is 9.53. The fraction of sp³-hybridized carbons (Fsp3) is 0.136. The molecule has 0 aromatic heterocycles. The van der Waals surface area contributed by atoms with Crippen LogP contribution in [0.5, 0.6) is 0 Å². The van der Waals surface area contributed by atoms with E-state index in [1.54, 1.807) is 18.2 Å². The van der Waals surface area contributed by atoms with Crippen molar-refractivity contribution in [1.82, 2.24) is 4.31 Å². The summed E-state index contributed by atoms with van der Waals surface area (Å²) < 4.78 is 66.5. The molecule has 0 saturated carbocycles. The van der Waals surface area contributed by atoms with E-state index in [1.807, 2.05) is 0 Å². The van der Waals surface area contributed by atoms with Crippen molar-refractivity contribution in [3.63, 3.8) is 0 Å². The van der Waals surface area contributed by atoms with Gasteiger partial charge in [0.2, 0.25) is 15.9 Å². The van der Waals surface area contributed by atoms with Crippen molar-refractivity contribution in [2.45, 2.75) is 17.6 Å². The molecule has 0 heterocycles. The number of carbonyl (C=O) groups excluding carboxylic acids is 1. The second-order valence-corrected chi connectivity index (χ2v) is 10.8. The maximum Gasteiger partial charge on any atom is 0.416 e.